The summed E-state index contributed by atoms with van der Waals surface area (Å²) in [6.07, 6.45) is 1.64. The number of benzene rings is 2. The van der Waals surface area contributed by atoms with Gasteiger partial charge in [0.1, 0.15) is 18.2 Å². The minimum atomic E-state index is -0.739. The summed E-state index contributed by atoms with van der Waals surface area (Å²) >= 11 is 2.24. The molecule has 2 N–H and O–H groups in total. The Balaban J connectivity index is 1.57. The van der Waals surface area contributed by atoms with E-state index in [-0.39, 0.29) is 24.3 Å². The molecule has 3 aromatic rings. The molecule has 0 aliphatic carbocycles. The second kappa shape index (κ2) is 10.8. The number of hydrogen-bond donors (Lipinski definition) is 2. The molecule has 1 aromatic heterocycles. The number of anilines is 1. The van der Waals surface area contributed by atoms with Gasteiger partial charge < -0.3 is 20.3 Å². The predicted octanol–water partition coefficient (Wildman–Crippen LogP) is 4.69. The van der Waals surface area contributed by atoms with Gasteiger partial charge in [-0.15, -0.1) is 0 Å². The first kappa shape index (κ1) is 25.9. The van der Waals surface area contributed by atoms with Crippen LogP contribution in [0.4, 0.5) is 10.5 Å². The number of likely N-dealkylation sites (tertiary alicyclic amines) is 1. The molecule has 2 heterocycles. The molecule has 1 fully saturated rings. The Labute approximate surface area is 223 Å². The Hall–Kier alpha value is -3.21. The van der Waals surface area contributed by atoms with Crippen LogP contribution in [0.5, 0.6) is 0 Å². The molecule has 0 radical (unpaired) electrons. The minimum Gasteiger partial charge on any atom is -0.444 e. The summed E-state index contributed by atoms with van der Waals surface area (Å²) in [4.78, 5) is 44.9. The number of ether oxygens (including phenoxy) is 1. The number of carbonyl (C=O) groups excluding carboxylic acids is 3. The van der Waals surface area contributed by atoms with Gasteiger partial charge in [0.05, 0.1) is 11.2 Å². The third kappa shape index (κ3) is 6.13. The number of nitrogens with one attached hydrogen (secondary N) is 2. The number of amides is 3. The molecule has 8 nitrogen and oxygen atoms in total. The average molecular weight is 600 g/mol. The third-order valence-corrected chi connectivity index (χ3v) is 6.68. The predicted molar refractivity (Wildman–Crippen MR) is 147 cm³/mol. The van der Waals surface area contributed by atoms with Gasteiger partial charge in [-0.1, -0.05) is 30.3 Å². The van der Waals surface area contributed by atoms with Crippen LogP contribution in [0, 0.1) is 3.57 Å². The maximum Gasteiger partial charge on any atom is 0.408 e. The molecule has 1 aliphatic rings. The van der Waals surface area contributed by atoms with Crippen LogP contribution in [-0.2, 0) is 14.3 Å². The van der Waals surface area contributed by atoms with E-state index in [0.29, 0.717) is 24.2 Å². The van der Waals surface area contributed by atoms with Crippen LogP contribution in [0.25, 0.3) is 10.9 Å². The SMILES string of the molecule is CC(C)(C)OC(=O)NCC(=O)N1CCC(c2ccc(I)cc2)C1C(=O)Nc1cccc2cccnc12. The second-order valence-electron chi connectivity index (χ2n) is 9.70. The van der Waals surface area contributed by atoms with Gasteiger partial charge in [-0.3, -0.25) is 14.6 Å². The van der Waals surface area contributed by atoms with Crippen molar-refractivity contribution in [1.82, 2.24) is 15.2 Å². The van der Waals surface area contributed by atoms with Crippen molar-refractivity contribution in [1.29, 1.82) is 0 Å². The summed E-state index contributed by atoms with van der Waals surface area (Å²) in [5.41, 5.74) is 1.58. The number of rotatable bonds is 5. The lowest BCUT2D eigenvalue weighted by Crippen LogP contribution is -2.49. The lowest BCUT2D eigenvalue weighted by atomic mass is 9.91. The van der Waals surface area contributed by atoms with Gasteiger partial charge in [-0.25, -0.2) is 4.79 Å². The summed E-state index contributed by atoms with van der Waals surface area (Å²) in [6.45, 7) is 5.40. The molecule has 0 saturated carbocycles. The molecule has 0 bridgehead atoms. The van der Waals surface area contributed by atoms with Gasteiger partial charge in [0.15, 0.2) is 0 Å². The van der Waals surface area contributed by atoms with Crippen molar-refractivity contribution >= 4 is 57.1 Å². The number of aromatic nitrogens is 1. The van der Waals surface area contributed by atoms with Crippen LogP contribution in [-0.4, -0.2) is 52.5 Å². The molecule has 0 spiro atoms. The van der Waals surface area contributed by atoms with Gasteiger partial charge in [0.2, 0.25) is 11.8 Å². The fourth-order valence-corrected chi connectivity index (χ4v) is 4.79. The van der Waals surface area contributed by atoms with E-state index in [9.17, 15) is 14.4 Å². The number of hydrogen-bond acceptors (Lipinski definition) is 5. The molecule has 4 rings (SSSR count). The maximum atomic E-state index is 13.7. The normalized spacial score (nSPS) is 17.6. The topological polar surface area (TPSA) is 101 Å². The summed E-state index contributed by atoms with van der Waals surface area (Å²) < 4.78 is 6.33. The molecule has 1 aliphatic heterocycles. The molecular weight excluding hydrogens is 571 g/mol. The van der Waals surface area contributed by atoms with E-state index >= 15 is 0 Å². The zero-order chi connectivity index (χ0) is 25.9. The van der Waals surface area contributed by atoms with Gasteiger partial charge >= 0.3 is 6.09 Å². The highest BCUT2D eigenvalue weighted by Gasteiger charge is 2.42. The first-order valence-electron chi connectivity index (χ1n) is 11.8. The fraction of sp³-hybridized carbons (Fsp3) is 0.333. The van der Waals surface area contributed by atoms with E-state index in [1.165, 1.54) is 0 Å². The van der Waals surface area contributed by atoms with Crippen molar-refractivity contribution in [2.45, 2.75) is 44.8 Å². The van der Waals surface area contributed by atoms with Crippen LogP contribution >= 0.6 is 22.6 Å². The zero-order valence-electron chi connectivity index (χ0n) is 20.5. The van der Waals surface area contributed by atoms with E-state index in [0.717, 1.165) is 14.5 Å². The molecule has 188 valence electrons. The van der Waals surface area contributed by atoms with E-state index in [2.05, 4.69) is 38.2 Å². The Morgan fingerprint density at radius 3 is 2.53 bits per heavy atom. The van der Waals surface area contributed by atoms with Crippen molar-refractivity contribution in [3.63, 3.8) is 0 Å². The van der Waals surface area contributed by atoms with Crippen LogP contribution < -0.4 is 10.6 Å². The minimum absolute atomic E-state index is 0.185. The maximum absolute atomic E-state index is 13.7. The number of halogens is 1. The largest absolute Gasteiger partial charge is 0.444 e. The summed E-state index contributed by atoms with van der Waals surface area (Å²) in [5, 5.41) is 6.43. The standard InChI is InChI=1S/C27H29IN4O4/c1-27(2,3)36-26(35)30-16-22(33)32-15-13-20(17-9-11-19(28)12-10-17)24(32)25(34)31-21-8-4-6-18-7-5-14-29-23(18)21/h4-12,14,20,24H,13,15-16H2,1-3H3,(H,30,35)(H,31,34). The number of pyridine rings is 1. The van der Waals surface area contributed by atoms with Crippen molar-refractivity contribution in [2.24, 2.45) is 0 Å². The van der Waals surface area contributed by atoms with Crippen molar-refractivity contribution < 1.29 is 19.1 Å². The first-order chi connectivity index (χ1) is 17.1. The highest BCUT2D eigenvalue weighted by Crippen LogP contribution is 2.35. The highest BCUT2D eigenvalue weighted by molar-refractivity contribution is 14.1. The monoisotopic (exact) mass is 600 g/mol. The number of nitrogens with zero attached hydrogens (tertiary/aromatic N) is 2. The van der Waals surface area contributed by atoms with Gasteiger partial charge in [-0.2, -0.15) is 0 Å². The Kier molecular flexibility index (Phi) is 7.77. The highest BCUT2D eigenvalue weighted by atomic mass is 127. The summed E-state index contributed by atoms with van der Waals surface area (Å²) in [6, 6.07) is 16.6. The average Bonchev–Trinajstić information content (AvgIpc) is 3.28. The van der Waals surface area contributed by atoms with Crippen molar-refractivity contribution in [3.05, 3.63) is 69.9 Å². The second-order valence-corrected chi connectivity index (χ2v) is 10.9. The van der Waals surface area contributed by atoms with Crippen LogP contribution in [0.1, 0.15) is 38.7 Å². The molecule has 36 heavy (non-hydrogen) atoms. The van der Waals surface area contributed by atoms with Crippen LogP contribution in [0.15, 0.2) is 60.8 Å². The van der Waals surface area contributed by atoms with E-state index in [1.54, 1.807) is 37.9 Å². The Morgan fingerprint density at radius 1 is 1.08 bits per heavy atom. The Morgan fingerprint density at radius 2 is 1.81 bits per heavy atom. The zero-order valence-corrected chi connectivity index (χ0v) is 22.6. The van der Waals surface area contributed by atoms with Crippen molar-refractivity contribution in [3.8, 4) is 0 Å². The fourth-order valence-electron chi connectivity index (χ4n) is 4.43. The molecule has 2 unspecified atom stereocenters. The van der Waals surface area contributed by atoms with Crippen molar-refractivity contribution in [2.75, 3.05) is 18.4 Å². The Bertz CT molecular complexity index is 1270. The lowest BCUT2D eigenvalue weighted by Gasteiger charge is -2.28. The summed E-state index contributed by atoms with van der Waals surface area (Å²) in [5.74, 6) is -0.819. The molecule has 2 aromatic carbocycles. The van der Waals surface area contributed by atoms with Crippen LogP contribution in [0.2, 0.25) is 0 Å². The number of carbonyl (C=O) groups is 3. The molecule has 3 amide bonds. The molecule has 2 atom stereocenters. The van der Waals surface area contributed by atoms with E-state index in [4.69, 9.17) is 4.74 Å². The first-order valence-corrected chi connectivity index (χ1v) is 12.9. The quantitative estimate of drug-likeness (QED) is 0.414. The smallest absolute Gasteiger partial charge is 0.408 e. The van der Waals surface area contributed by atoms with Gasteiger partial charge in [0, 0.05) is 27.6 Å². The molecular formula is C27H29IN4O4. The van der Waals surface area contributed by atoms with E-state index in [1.807, 2.05) is 48.5 Å². The summed E-state index contributed by atoms with van der Waals surface area (Å²) in [7, 11) is 0. The van der Waals surface area contributed by atoms with Gasteiger partial charge in [0.25, 0.3) is 0 Å². The van der Waals surface area contributed by atoms with Crippen LogP contribution in [0.3, 0.4) is 0 Å². The lowest BCUT2D eigenvalue weighted by molar-refractivity contribution is -0.136. The molecule has 9 heteroatoms. The number of fused-ring (bicyclic) bond motifs is 1. The number of para-hydroxylation sites is 1. The van der Waals surface area contributed by atoms with Gasteiger partial charge in [-0.05, 0) is 79.6 Å². The van der Waals surface area contributed by atoms with E-state index < -0.39 is 17.7 Å². The number of alkyl carbamates (subject to hydrolysis) is 1. The third-order valence-electron chi connectivity index (χ3n) is 5.96. The molecule has 1 saturated heterocycles.